The van der Waals surface area contributed by atoms with Crippen LogP contribution in [0.3, 0.4) is 0 Å². The zero-order chi connectivity index (χ0) is 37.0. The van der Waals surface area contributed by atoms with E-state index >= 15 is 0 Å². The Morgan fingerprint density at radius 3 is 2.20 bits per heavy atom. The molecule has 0 radical (unpaired) electrons. The first-order chi connectivity index (χ1) is 22.3. The van der Waals surface area contributed by atoms with Crippen molar-refractivity contribution in [3.8, 4) is 0 Å². The van der Waals surface area contributed by atoms with E-state index in [4.69, 9.17) is 29.9 Å². The lowest BCUT2D eigenvalue weighted by molar-refractivity contribution is -0.250. The third-order valence-electron chi connectivity index (χ3n) is 9.91. The number of rotatable bonds is 9. The van der Waals surface area contributed by atoms with E-state index in [0.29, 0.717) is 16.2 Å². The Balaban J connectivity index is 1.87. The maximum absolute atomic E-state index is 13.8. The van der Waals surface area contributed by atoms with Crippen molar-refractivity contribution in [3.63, 3.8) is 0 Å². The number of aliphatic hydroxyl groups is 1. The predicted octanol–water partition coefficient (Wildman–Crippen LogP) is 7.32. The van der Waals surface area contributed by atoms with Crippen LogP contribution < -0.4 is 5.32 Å². The quantitative estimate of drug-likeness (QED) is 0.169. The molecule has 270 valence electrons. The van der Waals surface area contributed by atoms with Gasteiger partial charge in [0.1, 0.15) is 19.0 Å². The standard InChI is InChI=1S/C34H52ClN5O7Si2/c1-31(2,3)30(43)39-26-23-27(37-19-36-26)40(20-38-23)28-24(47-49(12,13)33(7,8)9)25(41)34(45-28,18-44-48(10,11)32(4,5)6)46-29(42)21-15-14-16-22(35)17-21/h14-17,19-20,24-25,28,41H,18H2,1-13H3,(H,36,37,39,43)/t24-,25-,28-,34+/m1/s1. The van der Waals surface area contributed by atoms with Crippen LogP contribution in [-0.2, 0) is 23.1 Å². The molecular weight excluding hydrogens is 682 g/mol. The number of carbonyl (C=O) groups is 2. The van der Waals surface area contributed by atoms with Crippen molar-refractivity contribution < 1.29 is 33.0 Å². The minimum atomic E-state index is -2.60. The van der Waals surface area contributed by atoms with E-state index in [9.17, 15) is 14.7 Å². The number of anilines is 1. The van der Waals surface area contributed by atoms with Gasteiger partial charge < -0.3 is 28.7 Å². The maximum Gasteiger partial charge on any atom is 0.340 e. The van der Waals surface area contributed by atoms with Gasteiger partial charge in [0.15, 0.2) is 45.9 Å². The number of benzene rings is 1. The highest BCUT2D eigenvalue weighted by Crippen LogP contribution is 2.47. The number of fused-ring (bicyclic) bond motifs is 1. The van der Waals surface area contributed by atoms with Crippen LogP contribution in [0.5, 0.6) is 0 Å². The normalized spacial score (nSPS) is 22.4. The highest BCUT2D eigenvalue weighted by atomic mass is 35.5. The Morgan fingerprint density at radius 2 is 1.63 bits per heavy atom. The molecule has 0 spiro atoms. The fourth-order valence-corrected chi connectivity index (χ4v) is 7.05. The van der Waals surface area contributed by atoms with Gasteiger partial charge in [-0.3, -0.25) is 9.36 Å². The lowest BCUT2D eigenvalue weighted by Crippen LogP contribution is -2.56. The van der Waals surface area contributed by atoms with Crippen molar-refractivity contribution in [2.75, 3.05) is 11.9 Å². The fourth-order valence-electron chi connectivity index (χ4n) is 4.59. The van der Waals surface area contributed by atoms with Crippen molar-refractivity contribution in [1.29, 1.82) is 0 Å². The molecule has 0 unspecified atom stereocenters. The SMILES string of the molecule is CC(C)(C)C(=O)Nc1ncnc2c1ncn2[C@@H]1O[C@@](CO[Si](C)(C)C(C)(C)C)(OC(=O)c2cccc(Cl)c2)[C@H](O)[C@H]1O[Si](C)(C)C(C)(C)C. The van der Waals surface area contributed by atoms with Gasteiger partial charge in [0.25, 0.3) is 5.79 Å². The molecule has 1 fully saturated rings. The smallest absolute Gasteiger partial charge is 0.340 e. The first-order valence-corrected chi connectivity index (χ1v) is 22.6. The second-order valence-corrected chi connectivity index (χ2v) is 26.8. The van der Waals surface area contributed by atoms with Gasteiger partial charge in [-0.15, -0.1) is 0 Å². The highest BCUT2D eigenvalue weighted by Gasteiger charge is 2.62. The first kappa shape index (κ1) is 39.1. The predicted molar refractivity (Wildman–Crippen MR) is 194 cm³/mol. The zero-order valence-electron chi connectivity index (χ0n) is 31.0. The zero-order valence-corrected chi connectivity index (χ0v) is 33.7. The average Bonchev–Trinajstić information content (AvgIpc) is 3.50. The number of esters is 1. The van der Waals surface area contributed by atoms with Gasteiger partial charge in [0, 0.05) is 10.4 Å². The lowest BCUT2D eigenvalue weighted by Gasteiger charge is -2.41. The van der Waals surface area contributed by atoms with Crippen molar-refractivity contribution in [2.45, 2.75) is 123 Å². The molecule has 3 heterocycles. The van der Waals surface area contributed by atoms with Crippen LogP contribution in [-0.4, -0.2) is 77.7 Å². The Labute approximate surface area is 296 Å². The molecule has 12 nitrogen and oxygen atoms in total. The summed E-state index contributed by atoms with van der Waals surface area (Å²) in [5.74, 6) is -2.77. The summed E-state index contributed by atoms with van der Waals surface area (Å²) < 4.78 is 28.1. The third kappa shape index (κ3) is 8.11. The minimum absolute atomic E-state index is 0.181. The van der Waals surface area contributed by atoms with Gasteiger partial charge in [-0.25, -0.2) is 19.7 Å². The van der Waals surface area contributed by atoms with Crippen LogP contribution >= 0.6 is 11.6 Å². The van der Waals surface area contributed by atoms with Gasteiger partial charge >= 0.3 is 5.97 Å². The van der Waals surface area contributed by atoms with Crippen molar-refractivity contribution in [2.24, 2.45) is 5.41 Å². The number of imidazole rings is 1. The summed E-state index contributed by atoms with van der Waals surface area (Å²) in [5.41, 5.74) is 0.134. The average molecular weight is 734 g/mol. The summed E-state index contributed by atoms with van der Waals surface area (Å²) in [6.07, 6.45) is -0.809. The molecule has 1 aromatic carbocycles. The lowest BCUT2D eigenvalue weighted by atomic mass is 9.96. The minimum Gasteiger partial charge on any atom is -0.424 e. The molecule has 0 aliphatic carbocycles. The molecule has 1 aliphatic heterocycles. The molecule has 0 bridgehead atoms. The Kier molecular flexibility index (Phi) is 10.7. The number of aromatic nitrogens is 4. The summed E-state index contributed by atoms with van der Waals surface area (Å²) in [7, 11) is -5.08. The molecule has 49 heavy (non-hydrogen) atoms. The van der Waals surface area contributed by atoms with Crippen molar-refractivity contribution in [1.82, 2.24) is 19.5 Å². The van der Waals surface area contributed by atoms with Crippen molar-refractivity contribution >= 4 is 57.1 Å². The number of carbonyl (C=O) groups excluding carboxylic acids is 2. The van der Waals surface area contributed by atoms with Gasteiger partial charge in [-0.1, -0.05) is 80.0 Å². The summed E-state index contributed by atoms with van der Waals surface area (Å²) >= 11 is 6.22. The number of halogens is 1. The summed E-state index contributed by atoms with van der Waals surface area (Å²) in [6.45, 7) is 25.9. The number of hydrogen-bond acceptors (Lipinski definition) is 10. The molecule has 4 rings (SSSR count). The maximum atomic E-state index is 13.8. The number of nitrogens with one attached hydrogen (secondary N) is 1. The molecule has 15 heteroatoms. The molecule has 2 N–H and O–H groups in total. The van der Waals surface area contributed by atoms with Crippen LogP contribution in [0.15, 0.2) is 36.9 Å². The Hall–Kier alpha value is -2.73. The number of amides is 1. The van der Waals surface area contributed by atoms with E-state index < -0.39 is 52.2 Å². The van der Waals surface area contributed by atoms with E-state index in [2.05, 4.69) is 88.0 Å². The van der Waals surface area contributed by atoms with Gasteiger partial charge in [-0.2, -0.15) is 0 Å². The summed E-state index contributed by atoms with van der Waals surface area (Å²) in [5, 5.41) is 15.1. The highest BCUT2D eigenvalue weighted by molar-refractivity contribution is 6.74. The Morgan fingerprint density at radius 1 is 1.00 bits per heavy atom. The number of aliphatic hydroxyl groups excluding tert-OH is 1. The fraction of sp³-hybridized carbons (Fsp3) is 0.618. The number of hydrogen-bond donors (Lipinski definition) is 2. The molecule has 1 amide bonds. The summed E-state index contributed by atoms with van der Waals surface area (Å²) in [6, 6.07) is 6.36. The van der Waals surface area contributed by atoms with Crippen LogP contribution in [0.25, 0.3) is 11.2 Å². The summed E-state index contributed by atoms with van der Waals surface area (Å²) in [4.78, 5) is 40.0. The largest absolute Gasteiger partial charge is 0.424 e. The van der Waals surface area contributed by atoms with Crippen LogP contribution in [0, 0.1) is 5.41 Å². The second kappa shape index (κ2) is 13.4. The molecule has 3 aromatic rings. The molecular formula is C34H52ClN5O7Si2. The van der Waals surface area contributed by atoms with E-state index in [1.807, 2.05) is 0 Å². The number of nitrogens with zero attached hydrogens (tertiary/aromatic N) is 4. The van der Waals surface area contributed by atoms with Gasteiger partial charge in [-0.05, 0) is 54.5 Å². The number of ether oxygens (including phenoxy) is 2. The molecule has 1 aliphatic rings. The molecule has 4 atom stereocenters. The van der Waals surface area contributed by atoms with Crippen LogP contribution in [0.1, 0.15) is 78.9 Å². The van der Waals surface area contributed by atoms with E-state index in [1.54, 1.807) is 43.5 Å². The van der Waals surface area contributed by atoms with Crippen LogP contribution in [0.4, 0.5) is 5.82 Å². The van der Waals surface area contributed by atoms with E-state index in [0.717, 1.165) is 0 Å². The van der Waals surface area contributed by atoms with Gasteiger partial charge in [0.2, 0.25) is 5.91 Å². The third-order valence-corrected chi connectivity index (χ3v) is 19.1. The van der Waals surface area contributed by atoms with E-state index in [-0.39, 0.29) is 34.0 Å². The second-order valence-electron chi connectivity index (χ2n) is 16.8. The monoisotopic (exact) mass is 733 g/mol. The topological polar surface area (TPSA) is 147 Å². The van der Waals surface area contributed by atoms with Crippen molar-refractivity contribution in [3.05, 3.63) is 47.5 Å². The Bertz CT molecular complexity index is 1700. The first-order valence-electron chi connectivity index (χ1n) is 16.5. The molecule has 2 aromatic heterocycles. The molecule has 1 saturated heterocycles. The van der Waals surface area contributed by atoms with E-state index in [1.165, 1.54) is 18.7 Å². The van der Waals surface area contributed by atoms with Crippen LogP contribution in [0.2, 0.25) is 41.3 Å². The van der Waals surface area contributed by atoms with Gasteiger partial charge in [0.05, 0.1) is 11.9 Å². The molecule has 0 saturated carbocycles.